The first-order chi connectivity index (χ1) is 10.2. The van der Waals surface area contributed by atoms with Crippen LogP contribution in [-0.4, -0.2) is 17.4 Å². The zero-order valence-electron chi connectivity index (χ0n) is 11.2. The number of fused-ring (bicyclic) bond motifs is 1. The summed E-state index contributed by atoms with van der Waals surface area (Å²) in [4.78, 5) is 16.5. The van der Waals surface area contributed by atoms with Crippen LogP contribution < -0.4 is 5.32 Å². The molecule has 2 aromatic carbocycles. The molecule has 3 nitrogen and oxygen atoms in total. The Morgan fingerprint density at radius 3 is 2.86 bits per heavy atom. The maximum Gasteiger partial charge on any atom is 0.251 e. The molecule has 0 fully saturated rings. The molecule has 3 aromatic rings. The Bertz CT molecular complexity index is 752. The first-order valence-electron chi connectivity index (χ1n) is 6.60. The molecular formula is C16H13ClN2OS. The van der Waals surface area contributed by atoms with Gasteiger partial charge in [0, 0.05) is 23.6 Å². The van der Waals surface area contributed by atoms with E-state index in [-0.39, 0.29) is 5.91 Å². The van der Waals surface area contributed by atoms with Crippen LogP contribution >= 0.6 is 22.9 Å². The van der Waals surface area contributed by atoms with Crippen molar-refractivity contribution in [2.24, 2.45) is 0 Å². The summed E-state index contributed by atoms with van der Waals surface area (Å²) >= 11 is 7.54. The van der Waals surface area contributed by atoms with Crippen LogP contribution in [0.3, 0.4) is 0 Å². The fourth-order valence-corrected chi connectivity index (χ4v) is 3.20. The second kappa shape index (κ2) is 6.24. The third kappa shape index (κ3) is 3.40. The maximum atomic E-state index is 12.0. The fraction of sp³-hybridized carbons (Fsp3) is 0.125. The fourth-order valence-electron chi connectivity index (χ4n) is 2.04. The second-order valence-corrected chi connectivity index (χ2v) is 6.14. The minimum Gasteiger partial charge on any atom is -0.352 e. The van der Waals surface area contributed by atoms with E-state index in [0.717, 1.165) is 16.9 Å². The number of benzene rings is 2. The summed E-state index contributed by atoms with van der Waals surface area (Å²) in [6, 6.07) is 15.0. The van der Waals surface area contributed by atoms with Crippen molar-refractivity contribution in [2.45, 2.75) is 6.42 Å². The van der Waals surface area contributed by atoms with Gasteiger partial charge in [0.05, 0.1) is 15.2 Å². The largest absolute Gasteiger partial charge is 0.352 e. The minimum absolute atomic E-state index is 0.112. The number of hydrogen-bond donors (Lipinski definition) is 1. The average molecular weight is 317 g/mol. The van der Waals surface area contributed by atoms with E-state index in [1.807, 2.05) is 18.2 Å². The molecular weight excluding hydrogens is 304 g/mol. The SMILES string of the molecule is O=C(NCCc1nc2ccccc2s1)c1cccc(Cl)c1. The molecule has 21 heavy (non-hydrogen) atoms. The lowest BCUT2D eigenvalue weighted by molar-refractivity contribution is 0.0954. The first-order valence-corrected chi connectivity index (χ1v) is 7.80. The summed E-state index contributed by atoms with van der Waals surface area (Å²) in [5.41, 5.74) is 1.59. The van der Waals surface area contributed by atoms with Gasteiger partial charge in [0.2, 0.25) is 0 Å². The molecule has 1 N–H and O–H groups in total. The predicted molar refractivity (Wildman–Crippen MR) is 87.1 cm³/mol. The number of rotatable bonds is 4. The molecule has 1 amide bonds. The number of halogens is 1. The van der Waals surface area contributed by atoms with Gasteiger partial charge in [-0.05, 0) is 30.3 Å². The molecule has 0 spiro atoms. The highest BCUT2D eigenvalue weighted by Crippen LogP contribution is 2.21. The maximum absolute atomic E-state index is 12.0. The van der Waals surface area contributed by atoms with E-state index >= 15 is 0 Å². The minimum atomic E-state index is -0.112. The van der Waals surface area contributed by atoms with Crippen LogP contribution in [0.15, 0.2) is 48.5 Å². The van der Waals surface area contributed by atoms with Crippen LogP contribution in [0.1, 0.15) is 15.4 Å². The van der Waals surface area contributed by atoms with Gasteiger partial charge in [0.15, 0.2) is 0 Å². The topological polar surface area (TPSA) is 42.0 Å². The zero-order chi connectivity index (χ0) is 14.7. The predicted octanol–water partition coefficient (Wildman–Crippen LogP) is 3.92. The lowest BCUT2D eigenvalue weighted by Crippen LogP contribution is -2.25. The zero-order valence-corrected chi connectivity index (χ0v) is 12.7. The molecule has 1 aromatic heterocycles. The first kappa shape index (κ1) is 14.0. The van der Waals surface area contributed by atoms with Gasteiger partial charge in [-0.15, -0.1) is 11.3 Å². The van der Waals surface area contributed by atoms with Crippen molar-refractivity contribution < 1.29 is 4.79 Å². The number of hydrogen-bond acceptors (Lipinski definition) is 3. The van der Waals surface area contributed by atoms with Gasteiger partial charge in [-0.25, -0.2) is 4.98 Å². The molecule has 0 aliphatic heterocycles. The van der Waals surface area contributed by atoms with Gasteiger partial charge in [-0.1, -0.05) is 29.8 Å². The molecule has 1 heterocycles. The Morgan fingerprint density at radius 1 is 1.19 bits per heavy atom. The molecule has 0 unspecified atom stereocenters. The molecule has 0 bridgehead atoms. The van der Waals surface area contributed by atoms with Crippen molar-refractivity contribution in [1.29, 1.82) is 0 Å². The number of para-hydroxylation sites is 1. The highest BCUT2D eigenvalue weighted by atomic mass is 35.5. The molecule has 5 heteroatoms. The van der Waals surface area contributed by atoms with Gasteiger partial charge in [0.1, 0.15) is 0 Å². The molecule has 0 saturated heterocycles. The highest BCUT2D eigenvalue weighted by Gasteiger charge is 2.07. The molecule has 0 atom stereocenters. The molecule has 0 aliphatic rings. The number of nitrogens with one attached hydrogen (secondary N) is 1. The van der Waals surface area contributed by atoms with Crippen molar-refractivity contribution in [3.8, 4) is 0 Å². The van der Waals surface area contributed by atoms with Crippen molar-refractivity contribution in [1.82, 2.24) is 10.3 Å². The second-order valence-electron chi connectivity index (χ2n) is 4.59. The van der Waals surface area contributed by atoms with E-state index in [2.05, 4.69) is 16.4 Å². The third-order valence-corrected chi connectivity index (χ3v) is 4.38. The van der Waals surface area contributed by atoms with E-state index in [4.69, 9.17) is 11.6 Å². The lowest BCUT2D eigenvalue weighted by Gasteiger charge is -2.04. The Kier molecular flexibility index (Phi) is 4.18. The highest BCUT2D eigenvalue weighted by molar-refractivity contribution is 7.18. The normalized spacial score (nSPS) is 10.7. The smallest absolute Gasteiger partial charge is 0.251 e. The van der Waals surface area contributed by atoms with E-state index in [0.29, 0.717) is 17.1 Å². The lowest BCUT2D eigenvalue weighted by atomic mass is 10.2. The van der Waals surface area contributed by atoms with Crippen LogP contribution in [0.2, 0.25) is 5.02 Å². The van der Waals surface area contributed by atoms with Crippen LogP contribution in [-0.2, 0) is 6.42 Å². The quantitative estimate of drug-likeness (QED) is 0.792. The molecule has 106 valence electrons. The van der Waals surface area contributed by atoms with E-state index in [9.17, 15) is 4.79 Å². The summed E-state index contributed by atoms with van der Waals surface area (Å²) < 4.78 is 1.17. The number of amides is 1. The summed E-state index contributed by atoms with van der Waals surface area (Å²) in [5.74, 6) is -0.112. The summed E-state index contributed by atoms with van der Waals surface area (Å²) in [5, 5.41) is 4.48. The van der Waals surface area contributed by atoms with Gasteiger partial charge in [-0.3, -0.25) is 4.79 Å². The van der Waals surface area contributed by atoms with Crippen LogP contribution in [0, 0.1) is 0 Å². The van der Waals surface area contributed by atoms with E-state index in [1.165, 1.54) is 4.70 Å². The van der Waals surface area contributed by atoms with Crippen molar-refractivity contribution >= 4 is 39.1 Å². The van der Waals surface area contributed by atoms with Crippen molar-refractivity contribution in [3.63, 3.8) is 0 Å². The molecule has 3 rings (SSSR count). The van der Waals surface area contributed by atoms with E-state index < -0.39 is 0 Å². The average Bonchev–Trinajstić information content (AvgIpc) is 2.89. The van der Waals surface area contributed by atoms with Crippen molar-refractivity contribution in [2.75, 3.05) is 6.54 Å². The number of thiazole rings is 1. The van der Waals surface area contributed by atoms with Crippen LogP contribution in [0.25, 0.3) is 10.2 Å². The summed E-state index contributed by atoms with van der Waals surface area (Å²) in [6.07, 6.45) is 0.728. The Labute approximate surface area is 131 Å². The Morgan fingerprint density at radius 2 is 2.05 bits per heavy atom. The van der Waals surface area contributed by atoms with Gasteiger partial charge in [-0.2, -0.15) is 0 Å². The standard InChI is InChI=1S/C16H13ClN2OS/c17-12-5-3-4-11(10-12)16(20)18-9-8-15-19-13-6-1-2-7-14(13)21-15/h1-7,10H,8-9H2,(H,18,20). The Hall–Kier alpha value is -1.91. The molecule has 0 aliphatic carbocycles. The number of carbonyl (C=O) groups is 1. The van der Waals surface area contributed by atoms with Gasteiger partial charge < -0.3 is 5.32 Å². The summed E-state index contributed by atoms with van der Waals surface area (Å²) in [6.45, 7) is 0.561. The summed E-state index contributed by atoms with van der Waals surface area (Å²) in [7, 11) is 0. The van der Waals surface area contributed by atoms with Crippen LogP contribution in [0.5, 0.6) is 0 Å². The molecule has 0 radical (unpaired) electrons. The number of nitrogens with zero attached hydrogens (tertiary/aromatic N) is 1. The van der Waals surface area contributed by atoms with Gasteiger partial charge >= 0.3 is 0 Å². The van der Waals surface area contributed by atoms with E-state index in [1.54, 1.807) is 35.6 Å². The monoisotopic (exact) mass is 316 g/mol. The number of carbonyl (C=O) groups excluding carboxylic acids is 1. The third-order valence-electron chi connectivity index (χ3n) is 3.05. The molecule has 0 saturated carbocycles. The van der Waals surface area contributed by atoms with Crippen molar-refractivity contribution in [3.05, 3.63) is 64.1 Å². The van der Waals surface area contributed by atoms with Gasteiger partial charge in [0.25, 0.3) is 5.91 Å². The Balaban J connectivity index is 1.59. The number of aromatic nitrogens is 1. The van der Waals surface area contributed by atoms with Crippen LogP contribution in [0.4, 0.5) is 0 Å².